The number of ether oxygens (including phenoxy) is 2. The first-order valence-corrected chi connectivity index (χ1v) is 7.54. The van der Waals surface area contributed by atoms with Crippen LogP contribution in [-0.4, -0.2) is 26.2 Å². The maximum Gasteiger partial charge on any atom is 0.329 e. The highest BCUT2D eigenvalue weighted by Gasteiger charge is 2.58. The Bertz CT molecular complexity index is 703. The van der Waals surface area contributed by atoms with E-state index in [0.29, 0.717) is 0 Å². The summed E-state index contributed by atoms with van der Waals surface area (Å²) in [7, 11) is 2.33. The molecule has 6 nitrogen and oxygen atoms in total. The lowest BCUT2D eigenvalue weighted by atomic mass is 9.81. The van der Waals surface area contributed by atoms with Crippen LogP contribution in [-0.2, 0) is 19.1 Å². The molecule has 0 radical (unpaired) electrons. The van der Waals surface area contributed by atoms with Gasteiger partial charge in [0.15, 0.2) is 0 Å². The van der Waals surface area contributed by atoms with Gasteiger partial charge in [0.25, 0.3) is 0 Å². The minimum Gasteiger partial charge on any atom is -0.468 e. The highest BCUT2D eigenvalue weighted by molar-refractivity contribution is 9.10. The molecule has 1 aliphatic rings. The van der Waals surface area contributed by atoms with Gasteiger partial charge in [-0.15, -0.1) is 0 Å². The van der Waals surface area contributed by atoms with Crippen molar-refractivity contribution in [3.05, 3.63) is 45.6 Å². The second-order valence-corrected chi connectivity index (χ2v) is 6.05. The van der Waals surface area contributed by atoms with Gasteiger partial charge in [0.1, 0.15) is 0 Å². The van der Waals surface area contributed by atoms with Crippen molar-refractivity contribution < 1.29 is 19.1 Å². The molecular formula is C16H15BrN2O4. The average molecular weight is 379 g/mol. The molecule has 0 saturated carbocycles. The van der Waals surface area contributed by atoms with Gasteiger partial charge < -0.3 is 15.2 Å². The van der Waals surface area contributed by atoms with E-state index in [4.69, 9.17) is 15.2 Å². The number of carbonyl (C=O) groups excluding carboxylic acids is 2. The first-order chi connectivity index (χ1) is 10.9. The van der Waals surface area contributed by atoms with E-state index in [0.717, 1.165) is 10.0 Å². The smallest absolute Gasteiger partial charge is 0.329 e. The number of nitrogens with zero attached hydrogens (tertiary/aromatic N) is 1. The van der Waals surface area contributed by atoms with E-state index in [1.165, 1.54) is 14.2 Å². The Morgan fingerprint density at radius 3 is 2.22 bits per heavy atom. The summed E-state index contributed by atoms with van der Waals surface area (Å²) in [6.07, 6.45) is 0.00268. The van der Waals surface area contributed by atoms with Gasteiger partial charge in [-0.3, -0.25) is 9.59 Å². The molecule has 1 aromatic carbocycles. The van der Waals surface area contributed by atoms with Crippen molar-refractivity contribution in [2.45, 2.75) is 12.3 Å². The number of carbonyl (C=O) groups is 2. The van der Waals surface area contributed by atoms with Gasteiger partial charge in [0, 0.05) is 10.4 Å². The molecule has 1 aromatic rings. The van der Waals surface area contributed by atoms with Crippen molar-refractivity contribution in [1.29, 1.82) is 5.26 Å². The van der Waals surface area contributed by atoms with Crippen LogP contribution in [0.1, 0.15) is 17.9 Å². The number of benzene rings is 1. The molecule has 1 atom stereocenters. The van der Waals surface area contributed by atoms with Crippen LogP contribution < -0.4 is 5.73 Å². The maximum absolute atomic E-state index is 12.3. The van der Waals surface area contributed by atoms with Gasteiger partial charge in [0.2, 0.25) is 5.41 Å². The standard InChI is InChI=1S/C16H15BrN2O4/c1-22-14(20)16(15(21)23-2)7-11(12(8-18)13(16)19)9-3-5-10(17)6-4-9/h3-6,11H,7,19H2,1-2H3. The van der Waals surface area contributed by atoms with Crippen LogP contribution in [0.15, 0.2) is 40.0 Å². The second-order valence-electron chi connectivity index (χ2n) is 5.14. The Balaban J connectivity index is 2.60. The monoisotopic (exact) mass is 378 g/mol. The molecule has 0 heterocycles. The predicted molar refractivity (Wildman–Crippen MR) is 84.8 cm³/mol. The molecule has 0 aromatic heterocycles. The molecule has 1 aliphatic carbocycles. The topological polar surface area (TPSA) is 102 Å². The van der Waals surface area contributed by atoms with Crippen molar-refractivity contribution in [1.82, 2.24) is 0 Å². The van der Waals surface area contributed by atoms with E-state index < -0.39 is 23.3 Å². The molecule has 2 rings (SSSR count). The number of rotatable bonds is 3. The molecule has 7 heteroatoms. The molecule has 1 unspecified atom stereocenters. The van der Waals surface area contributed by atoms with Crippen LogP contribution in [0.4, 0.5) is 0 Å². The number of hydrogen-bond donors (Lipinski definition) is 1. The zero-order valence-corrected chi connectivity index (χ0v) is 14.2. The van der Waals surface area contributed by atoms with Gasteiger partial charge in [-0.25, -0.2) is 0 Å². The van der Waals surface area contributed by atoms with E-state index in [-0.39, 0.29) is 17.7 Å². The predicted octanol–water partition coefficient (Wildman–Crippen LogP) is 2.01. The molecule has 120 valence electrons. The van der Waals surface area contributed by atoms with Gasteiger partial charge in [0.05, 0.1) is 31.6 Å². The lowest BCUT2D eigenvalue weighted by molar-refractivity contribution is -0.166. The minimum atomic E-state index is -1.79. The summed E-state index contributed by atoms with van der Waals surface area (Å²) in [6, 6.07) is 9.27. The first kappa shape index (κ1) is 17.0. The lowest BCUT2D eigenvalue weighted by Gasteiger charge is -2.25. The highest BCUT2D eigenvalue weighted by Crippen LogP contribution is 2.50. The number of methoxy groups -OCH3 is 2. The average Bonchev–Trinajstić information content (AvgIpc) is 2.87. The third-order valence-electron chi connectivity index (χ3n) is 4.07. The highest BCUT2D eigenvalue weighted by atomic mass is 79.9. The zero-order chi connectivity index (χ0) is 17.2. The van der Waals surface area contributed by atoms with E-state index in [2.05, 4.69) is 15.9 Å². The summed E-state index contributed by atoms with van der Waals surface area (Å²) >= 11 is 3.34. The van der Waals surface area contributed by atoms with Crippen LogP contribution >= 0.6 is 15.9 Å². The number of nitrogens with two attached hydrogens (primary N) is 1. The number of hydrogen-bond acceptors (Lipinski definition) is 6. The van der Waals surface area contributed by atoms with Gasteiger partial charge >= 0.3 is 11.9 Å². The summed E-state index contributed by atoms with van der Waals surface area (Å²) in [6.45, 7) is 0. The van der Waals surface area contributed by atoms with Crippen molar-refractivity contribution in [3.8, 4) is 6.07 Å². The SMILES string of the molecule is COC(=O)C1(C(=O)OC)CC(c2ccc(Br)cc2)C(C#N)=C1N. The minimum absolute atomic E-state index is 0.00268. The lowest BCUT2D eigenvalue weighted by Crippen LogP contribution is -2.43. The van der Waals surface area contributed by atoms with Crippen molar-refractivity contribution in [2.75, 3.05) is 14.2 Å². The van der Waals surface area contributed by atoms with Crippen molar-refractivity contribution in [2.24, 2.45) is 11.1 Å². The zero-order valence-electron chi connectivity index (χ0n) is 12.6. The van der Waals surface area contributed by atoms with Crippen LogP contribution in [0.5, 0.6) is 0 Å². The molecule has 0 aliphatic heterocycles. The molecule has 0 spiro atoms. The number of esters is 2. The summed E-state index contributed by atoms with van der Waals surface area (Å²) < 4.78 is 10.4. The Morgan fingerprint density at radius 1 is 1.26 bits per heavy atom. The van der Waals surface area contributed by atoms with Crippen LogP contribution in [0.25, 0.3) is 0 Å². The van der Waals surface area contributed by atoms with Gasteiger partial charge in [-0.1, -0.05) is 28.1 Å². The third-order valence-corrected chi connectivity index (χ3v) is 4.60. The summed E-state index contributed by atoms with van der Waals surface area (Å²) in [5.41, 5.74) is 5.10. The fourth-order valence-corrected chi connectivity index (χ4v) is 3.14. The maximum atomic E-state index is 12.3. The van der Waals surface area contributed by atoms with E-state index in [1.54, 1.807) is 0 Å². The summed E-state index contributed by atoms with van der Waals surface area (Å²) in [5.74, 6) is -2.13. The van der Waals surface area contributed by atoms with Gasteiger partial charge in [-0.05, 0) is 24.1 Å². The molecule has 0 amide bonds. The molecular weight excluding hydrogens is 364 g/mol. The van der Waals surface area contributed by atoms with Crippen LogP contribution in [0, 0.1) is 16.7 Å². The number of allylic oxidation sites excluding steroid dienone is 1. The molecule has 0 fully saturated rings. The van der Waals surface area contributed by atoms with E-state index in [1.807, 2.05) is 30.3 Å². The van der Waals surface area contributed by atoms with Gasteiger partial charge in [-0.2, -0.15) is 5.26 Å². The van der Waals surface area contributed by atoms with E-state index in [9.17, 15) is 14.9 Å². The summed E-state index contributed by atoms with van der Waals surface area (Å²) in [5, 5.41) is 9.46. The van der Waals surface area contributed by atoms with Crippen molar-refractivity contribution >= 4 is 27.9 Å². The largest absolute Gasteiger partial charge is 0.468 e. The fraction of sp³-hybridized carbons (Fsp3) is 0.312. The fourth-order valence-electron chi connectivity index (χ4n) is 2.87. The number of halogens is 1. The second kappa shape index (κ2) is 6.42. The van der Waals surface area contributed by atoms with Crippen LogP contribution in [0.2, 0.25) is 0 Å². The Labute approximate surface area is 142 Å². The third kappa shape index (κ3) is 2.59. The quantitative estimate of drug-likeness (QED) is 0.637. The molecule has 23 heavy (non-hydrogen) atoms. The Hall–Kier alpha value is -2.33. The Kier molecular flexibility index (Phi) is 4.76. The molecule has 0 saturated heterocycles. The van der Waals surface area contributed by atoms with Crippen LogP contribution in [0.3, 0.4) is 0 Å². The van der Waals surface area contributed by atoms with E-state index >= 15 is 0 Å². The normalized spacial score (nSPS) is 19.1. The van der Waals surface area contributed by atoms with Crippen molar-refractivity contribution in [3.63, 3.8) is 0 Å². The molecule has 2 N–H and O–H groups in total. The Morgan fingerprint density at radius 2 is 1.78 bits per heavy atom. The number of nitriles is 1. The summed E-state index contributed by atoms with van der Waals surface area (Å²) in [4.78, 5) is 24.6. The molecule has 0 bridgehead atoms. The first-order valence-electron chi connectivity index (χ1n) is 6.74.